The van der Waals surface area contributed by atoms with Gasteiger partial charge in [0.15, 0.2) is 0 Å². The maximum absolute atomic E-state index is 8.95. The van der Waals surface area contributed by atoms with Crippen molar-refractivity contribution in [3.63, 3.8) is 0 Å². The van der Waals surface area contributed by atoms with Gasteiger partial charge in [-0.2, -0.15) is 5.26 Å². The molecule has 14 heavy (non-hydrogen) atoms. The Morgan fingerprint density at radius 1 is 1.14 bits per heavy atom. The SMILES string of the molecule is N#Cc1ccc2c3c(cccc13)C=N2. The van der Waals surface area contributed by atoms with Crippen molar-refractivity contribution in [2.45, 2.75) is 0 Å². The van der Waals surface area contributed by atoms with Gasteiger partial charge in [0.2, 0.25) is 0 Å². The van der Waals surface area contributed by atoms with Crippen LogP contribution in [-0.4, -0.2) is 6.21 Å². The molecule has 0 spiro atoms. The Balaban J connectivity index is 2.59. The maximum atomic E-state index is 8.95. The second-order valence-corrected chi connectivity index (χ2v) is 3.27. The molecule has 0 amide bonds. The van der Waals surface area contributed by atoms with E-state index in [1.807, 2.05) is 36.5 Å². The van der Waals surface area contributed by atoms with Crippen molar-refractivity contribution in [3.05, 3.63) is 41.5 Å². The van der Waals surface area contributed by atoms with Gasteiger partial charge in [0.05, 0.1) is 17.3 Å². The average molecular weight is 178 g/mol. The van der Waals surface area contributed by atoms with Crippen LogP contribution in [0.3, 0.4) is 0 Å². The molecule has 0 atom stereocenters. The Bertz CT molecular complexity index is 591. The zero-order valence-electron chi connectivity index (χ0n) is 7.36. The zero-order valence-corrected chi connectivity index (χ0v) is 7.36. The Labute approximate surface area is 81.1 Å². The summed E-state index contributed by atoms with van der Waals surface area (Å²) in [6.07, 6.45) is 1.85. The number of rotatable bonds is 0. The summed E-state index contributed by atoms with van der Waals surface area (Å²) < 4.78 is 0. The van der Waals surface area contributed by atoms with Crippen molar-refractivity contribution < 1.29 is 0 Å². The fourth-order valence-corrected chi connectivity index (χ4v) is 1.87. The van der Waals surface area contributed by atoms with Crippen molar-refractivity contribution in [2.24, 2.45) is 4.99 Å². The van der Waals surface area contributed by atoms with Crippen LogP contribution in [0.25, 0.3) is 10.8 Å². The molecule has 1 heterocycles. The van der Waals surface area contributed by atoms with Crippen LogP contribution in [0.5, 0.6) is 0 Å². The molecule has 1 aliphatic rings. The molecule has 2 heteroatoms. The number of hydrogen-bond acceptors (Lipinski definition) is 2. The fourth-order valence-electron chi connectivity index (χ4n) is 1.87. The highest BCUT2D eigenvalue weighted by Gasteiger charge is 2.11. The first-order valence-electron chi connectivity index (χ1n) is 4.40. The molecule has 0 aromatic heterocycles. The van der Waals surface area contributed by atoms with Crippen LogP contribution in [0.4, 0.5) is 5.69 Å². The minimum absolute atomic E-state index is 0.719. The van der Waals surface area contributed by atoms with Crippen LogP contribution < -0.4 is 0 Å². The van der Waals surface area contributed by atoms with Crippen LogP contribution in [0.2, 0.25) is 0 Å². The van der Waals surface area contributed by atoms with E-state index in [1.54, 1.807) is 0 Å². The summed E-state index contributed by atoms with van der Waals surface area (Å²) in [5, 5.41) is 11.1. The maximum Gasteiger partial charge on any atom is 0.0998 e. The van der Waals surface area contributed by atoms with Crippen LogP contribution in [0.1, 0.15) is 11.1 Å². The van der Waals surface area contributed by atoms with Crippen LogP contribution >= 0.6 is 0 Å². The van der Waals surface area contributed by atoms with Gasteiger partial charge in [-0.25, -0.2) is 0 Å². The smallest absolute Gasteiger partial charge is 0.0998 e. The lowest BCUT2D eigenvalue weighted by molar-refractivity contribution is 1.50. The van der Waals surface area contributed by atoms with Gasteiger partial charge in [-0.3, -0.25) is 4.99 Å². The van der Waals surface area contributed by atoms with E-state index in [0.29, 0.717) is 0 Å². The molecule has 0 aliphatic carbocycles. The minimum atomic E-state index is 0.719. The largest absolute Gasteiger partial charge is 0.256 e. The molecule has 0 saturated carbocycles. The van der Waals surface area contributed by atoms with Gasteiger partial charge in [-0.15, -0.1) is 0 Å². The van der Waals surface area contributed by atoms with Crippen LogP contribution in [0.15, 0.2) is 35.3 Å². The highest BCUT2D eigenvalue weighted by Crippen LogP contribution is 2.34. The normalized spacial score (nSPS) is 11.9. The first-order chi connectivity index (χ1) is 6.90. The third kappa shape index (κ3) is 0.763. The van der Waals surface area contributed by atoms with Crippen molar-refractivity contribution in [1.29, 1.82) is 5.26 Å². The lowest BCUT2D eigenvalue weighted by atomic mass is 10.0. The van der Waals surface area contributed by atoms with Gasteiger partial charge >= 0.3 is 0 Å². The molecule has 64 valence electrons. The Morgan fingerprint density at radius 3 is 2.93 bits per heavy atom. The molecule has 2 nitrogen and oxygen atoms in total. The lowest BCUT2D eigenvalue weighted by Gasteiger charge is -2.01. The predicted molar refractivity (Wildman–Crippen MR) is 55.9 cm³/mol. The quantitative estimate of drug-likeness (QED) is 0.521. The number of aliphatic imine (C=N–C) groups is 1. The predicted octanol–water partition coefficient (Wildman–Crippen LogP) is 2.78. The van der Waals surface area contributed by atoms with Gasteiger partial charge in [0, 0.05) is 22.6 Å². The third-order valence-corrected chi connectivity index (χ3v) is 2.51. The molecule has 0 radical (unpaired) electrons. The fraction of sp³-hybridized carbons (Fsp3) is 0. The molecule has 3 rings (SSSR count). The standard InChI is InChI=1S/C12H6N2/c13-6-8-4-5-11-12-9(7-14-11)2-1-3-10(8)12/h1-5,7H. The van der Waals surface area contributed by atoms with Gasteiger partial charge < -0.3 is 0 Å². The molecule has 0 fully saturated rings. The summed E-state index contributed by atoms with van der Waals surface area (Å²) in [6.45, 7) is 0. The van der Waals surface area contributed by atoms with Gasteiger partial charge in [0.25, 0.3) is 0 Å². The minimum Gasteiger partial charge on any atom is -0.256 e. The lowest BCUT2D eigenvalue weighted by Crippen LogP contribution is -1.81. The van der Waals surface area contributed by atoms with Gasteiger partial charge in [-0.05, 0) is 12.1 Å². The highest BCUT2D eigenvalue weighted by molar-refractivity contribution is 6.12. The summed E-state index contributed by atoms with van der Waals surface area (Å²) in [4.78, 5) is 4.29. The molecule has 0 N–H and O–H groups in total. The van der Waals surface area contributed by atoms with Gasteiger partial charge in [0.1, 0.15) is 0 Å². The monoisotopic (exact) mass is 178 g/mol. The summed E-state index contributed by atoms with van der Waals surface area (Å²) >= 11 is 0. The van der Waals surface area contributed by atoms with E-state index in [4.69, 9.17) is 5.26 Å². The summed E-state index contributed by atoms with van der Waals surface area (Å²) in [5.74, 6) is 0. The van der Waals surface area contributed by atoms with Crippen molar-refractivity contribution in [2.75, 3.05) is 0 Å². The topological polar surface area (TPSA) is 36.1 Å². The molecule has 2 aromatic carbocycles. The Kier molecular flexibility index (Phi) is 1.26. The van der Waals surface area contributed by atoms with Crippen molar-refractivity contribution in [3.8, 4) is 6.07 Å². The first kappa shape index (κ1) is 7.28. The van der Waals surface area contributed by atoms with Crippen LogP contribution in [0, 0.1) is 11.3 Å². The van der Waals surface area contributed by atoms with E-state index >= 15 is 0 Å². The zero-order chi connectivity index (χ0) is 9.54. The molecular weight excluding hydrogens is 172 g/mol. The summed E-state index contributed by atoms with van der Waals surface area (Å²) in [7, 11) is 0. The second kappa shape index (κ2) is 2.43. The summed E-state index contributed by atoms with van der Waals surface area (Å²) in [5.41, 5.74) is 2.79. The number of hydrogen-bond donors (Lipinski definition) is 0. The van der Waals surface area contributed by atoms with E-state index in [2.05, 4.69) is 11.1 Å². The van der Waals surface area contributed by atoms with Crippen LogP contribution in [-0.2, 0) is 0 Å². The average Bonchev–Trinajstić information content (AvgIpc) is 2.65. The van der Waals surface area contributed by atoms with E-state index < -0.39 is 0 Å². The molecule has 1 aliphatic heterocycles. The second-order valence-electron chi connectivity index (χ2n) is 3.27. The Hall–Kier alpha value is -2.14. The number of benzene rings is 2. The molecule has 0 saturated heterocycles. The summed E-state index contributed by atoms with van der Waals surface area (Å²) in [6, 6.07) is 11.9. The van der Waals surface area contributed by atoms with E-state index in [9.17, 15) is 0 Å². The third-order valence-electron chi connectivity index (χ3n) is 2.51. The number of nitrogens with zero attached hydrogens (tertiary/aromatic N) is 2. The van der Waals surface area contributed by atoms with Crippen molar-refractivity contribution >= 4 is 22.7 Å². The van der Waals surface area contributed by atoms with E-state index in [0.717, 1.165) is 27.6 Å². The first-order valence-corrected chi connectivity index (χ1v) is 4.40. The van der Waals surface area contributed by atoms with Crippen molar-refractivity contribution in [1.82, 2.24) is 0 Å². The molecule has 0 bridgehead atoms. The van der Waals surface area contributed by atoms with Gasteiger partial charge in [-0.1, -0.05) is 18.2 Å². The number of nitriles is 1. The van der Waals surface area contributed by atoms with E-state index in [1.165, 1.54) is 0 Å². The van der Waals surface area contributed by atoms with E-state index in [-0.39, 0.29) is 0 Å². The molecule has 2 aromatic rings. The highest BCUT2D eigenvalue weighted by atomic mass is 14.7. The molecular formula is C12H6N2. The molecule has 0 unspecified atom stereocenters. The Morgan fingerprint density at radius 2 is 2.07 bits per heavy atom.